The SMILES string of the molecule is C/C1=C(\C)CN(C)N(C)c2cccc(n2)C(C)(C)CC1. The molecule has 3 heteroatoms. The van der Waals surface area contributed by atoms with E-state index in [1.807, 2.05) is 0 Å². The summed E-state index contributed by atoms with van der Waals surface area (Å²) in [6, 6.07) is 6.36. The van der Waals surface area contributed by atoms with Crippen LogP contribution in [0.2, 0.25) is 0 Å². The zero-order chi connectivity index (χ0) is 14.9. The molecule has 1 aromatic heterocycles. The molecule has 110 valence electrons. The van der Waals surface area contributed by atoms with Crippen molar-refractivity contribution in [2.24, 2.45) is 0 Å². The minimum atomic E-state index is 0.112. The van der Waals surface area contributed by atoms with Crippen LogP contribution >= 0.6 is 0 Å². The second-order valence-corrected chi connectivity index (χ2v) is 6.66. The first-order valence-electron chi connectivity index (χ1n) is 7.39. The summed E-state index contributed by atoms with van der Waals surface area (Å²) in [7, 11) is 4.20. The summed E-state index contributed by atoms with van der Waals surface area (Å²) >= 11 is 0. The van der Waals surface area contributed by atoms with Gasteiger partial charge >= 0.3 is 0 Å². The van der Waals surface area contributed by atoms with Crippen LogP contribution in [0.4, 0.5) is 5.82 Å². The third kappa shape index (κ3) is 3.04. The van der Waals surface area contributed by atoms with Crippen LogP contribution < -0.4 is 5.01 Å². The van der Waals surface area contributed by atoms with Crippen LogP contribution in [0.25, 0.3) is 0 Å². The van der Waals surface area contributed by atoms with Crippen LogP contribution in [-0.4, -0.2) is 30.6 Å². The van der Waals surface area contributed by atoms with Crippen LogP contribution in [0, 0.1) is 0 Å². The maximum atomic E-state index is 4.88. The molecule has 0 saturated heterocycles. The molecule has 2 heterocycles. The average molecular weight is 273 g/mol. The van der Waals surface area contributed by atoms with E-state index in [1.54, 1.807) is 0 Å². The Balaban J connectivity index is 2.47. The van der Waals surface area contributed by atoms with Gasteiger partial charge in [0.05, 0.1) is 0 Å². The van der Waals surface area contributed by atoms with E-state index in [2.05, 4.69) is 70.0 Å². The summed E-state index contributed by atoms with van der Waals surface area (Å²) in [4.78, 5) is 4.88. The van der Waals surface area contributed by atoms with Gasteiger partial charge in [-0.15, -0.1) is 0 Å². The molecule has 3 nitrogen and oxygen atoms in total. The molecule has 0 saturated carbocycles. The lowest BCUT2D eigenvalue weighted by Crippen LogP contribution is -2.38. The van der Waals surface area contributed by atoms with Crippen LogP contribution in [0.15, 0.2) is 29.3 Å². The quantitative estimate of drug-likeness (QED) is 0.671. The summed E-state index contributed by atoms with van der Waals surface area (Å²) in [6.07, 6.45) is 2.28. The standard InChI is InChI=1S/C17H27N3/c1-13-10-11-17(3,4)15-8-7-9-16(18-15)20(6)19(5)12-14(13)2/h7-9H,10-12H2,1-6H3/b14-13-. The number of allylic oxidation sites excluding steroid dienone is 1. The summed E-state index contributed by atoms with van der Waals surface area (Å²) in [5.41, 5.74) is 4.27. The van der Waals surface area contributed by atoms with Crippen molar-refractivity contribution in [3.05, 3.63) is 35.0 Å². The smallest absolute Gasteiger partial charge is 0.142 e. The fourth-order valence-electron chi connectivity index (χ4n) is 2.58. The highest BCUT2D eigenvalue weighted by Gasteiger charge is 2.24. The maximum Gasteiger partial charge on any atom is 0.142 e. The van der Waals surface area contributed by atoms with Crippen molar-refractivity contribution in [2.75, 3.05) is 25.6 Å². The number of hydrazine groups is 1. The molecule has 0 spiro atoms. The predicted octanol–water partition coefficient (Wildman–Crippen LogP) is 3.77. The number of rotatable bonds is 0. The molecule has 0 aromatic carbocycles. The van der Waals surface area contributed by atoms with Crippen LogP contribution in [0.5, 0.6) is 0 Å². The van der Waals surface area contributed by atoms with E-state index in [-0.39, 0.29) is 5.41 Å². The van der Waals surface area contributed by atoms with Crippen molar-refractivity contribution < 1.29 is 0 Å². The zero-order valence-electron chi connectivity index (χ0n) is 13.7. The number of likely N-dealkylation sites (N-methyl/N-ethyl adjacent to an activating group) is 1. The van der Waals surface area contributed by atoms with E-state index >= 15 is 0 Å². The van der Waals surface area contributed by atoms with Crippen LogP contribution in [0.3, 0.4) is 0 Å². The Morgan fingerprint density at radius 3 is 2.50 bits per heavy atom. The van der Waals surface area contributed by atoms with Gasteiger partial charge in [-0.1, -0.05) is 31.1 Å². The molecule has 0 atom stereocenters. The largest absolute Gasteiger partial charge is 0.293 e. The van der Waals surface area contributed by atoms with Gasteiger partial charge < -0.3 is 0 Å². The summed E-state index contributed by atoms with van der Waals surface area (Å²) in [5, 5.41) is 4.37. The summed E-state index contributed by atoms with van der Waals surface area (Å²) in [6.45, 7) is 10.1. The lowest BCUT2D eigenvalue weighted by atomic mass is 9.82. The fraction of sp³-hybridized carbons (Fsp3) is 0.588. The first kappa shape index (κ1) is 15.0. The van der Waals surface area contributed by atoms with Crippen LogP contribution in [-0.2, 0) is 5.41 Å². The molecule has 0 radical (unpaired) electrons. The fourth-order valence-corrected chi connectivity index (χ4v) is 2.58. The Kier molecular flexibility index (Phi) is 4.19. The molecule has 0 fully saturated rings. The first-order chi connectivity index (χ1) is 9.31. The minimum absolute atomic E-state index is 0.112. The monoisotopic (exact) mass is 273 g/mol. The molecule has 1 aliphatic rings. The van der Waals surface area contributed by atoms with Gasteiger partial charge in [0.15, 0.2) is 0 Å². The van der Waals surface area contributed by atoms with E-state index in [9.17, 15) is 0 Å². The van der Waals surface area contributed by atoms with Crippen molar-refractivity contribution in [1.82, 2.24) is 9.99 Å². The molecule has 0 unspecified atom stereocenters. The van der Waals surface area contributed by atoms with E-state index < -0.39 is 0 Å². The highest BCUT2D eigenvalue weighted by atomic mass is 15.6. The molecule has 2 rings (SSSR count). The van der Waals surface area contributed by atoms with E-state index in [0.717, 1.165) is 25.2 Å². The van der Waals surface area contributed by atoms with Gasteiger partial charge in [0.1, 0.15) is 5.82 Å². The number of fused-ring (bicyclic) bond motifs is 2. The van der Waals surface area contributed by atoms with E-state index in [1.165, 1.54) is 16.8 Å². The number of hydrogen-bond donors (Lipinski definition) is 0. The number of hydrogen-bond acceptors (Lipinski definition) is 3. The molecule has 0 aliphatic carbocycles. The van der Waals surface area contributed by atoms with Gasteiger partial charge in [-0.25, -0.2) is 9.99 Å². The molecule has 20 heavy (non-hydrogen) atoms. The van der Waals surface area contributed by atoms with Crippen molar-refractivity contribution >= 4 is 5.82 Å². The lowest BCUT2D eigenvalue weighted by molar-refractivity contribution is 0.347. The topological polar surface area (TPSA) is 19.4 Å². The van der Waals surface area contributed by atoms with Gasteiger partial charge in [-0.3, -0.25) is 5.01 Å². The third-order valence-electron chi connectivity index (χ3n) is 4.59. The lowest BCUT2D eigenvalue weighted by Gasteiger charge is -2.30. The molecule has 0 N–H and O–H groups in total. The Hall–Kier alpha value is -1.35. The van der Waals surface area contributed by atoms with E-state index in [4.69, 9.17) is 4.98 Å². The Morgan fingerprint density at radius 1 is 1.10 bits per heavy atom. The van der Waals surface area contributed by atoms with Crippen molar-refractivity contribution in [3.63, 3.8) is 0 Å². The first-order valence-corrected chi connectivity index (χ1v) is 7.39. The van der Waals surface area contributed by atoms with E-state index in [0.29, 0.717) is 0 Å². The predicted molar refractivity (Wildman–Crippen MR) is 85.9 cm³/mol. The van der Waals surface area contributed by atoms with Crippen molar-refractivity contribution in [1.29, 1.82) is 0 Å². The van der Waals surface area contributed by atoms with Crippen molar-refractivity contribution in [2.45, 2.75) is 46.0 Å². The average Bonchev–Trinajstić information content (AvgIpc) is 2.43. The molecular formula is C17H27N3. The van der Waals surface area contributed by atoms with Crippen molar-refractivity contribution in [3.8, 4) is 0 Å². The zero-order valence-corrected chi connectivity index (χ0v) is 13.7. The van der Waals surface area contributed by atoms with Crippen LogP contribution in [0.1, 0.15) is 46.2 Å². The van der Waals surface area contributed by atoms with Gasteiger partial charge in [0.2, 0.25) is 0 Å². The second kappa shape index (κ2) is 5.57. The number of nitrogens with zero attached hydrogens (tertiary/aromatic N) is 3. The van der Waals surface area contributed by atoms with Gasteiger partial charge in [0.25, 0.3) is 0 Å². The minimum Gasteiger partial charge on any atom is -0.293 e. The van der Waals surface area contributed by atoms with Gasteiger partial charge in [-0.05, 0) is 38.8 Å². The molecule has 1 aliphatic heterocycles. The normalized spacial score (nSPS) is 24.4. The van der Waals surface area contributed by atoms with Gasteiger partial charge in [0, 0.05) is 31.7 Å². The number of pyridine rings is 1. The third-order valence-corrected chi connectivity index (χ3v) is 4.59. The maximum absolute atomic E-state index is 4.88. The highest BCUT2D eigenvalue weighted by molar-refractivity contribution is 5.39. The Morgan fingerprint density at radius 2 is 1.80 bits per heavy atom. The highest BCUT2D eigenvalue weighted by Crippen LogP contribution is 2.31. The number of anilines is 1. The molecular weight excluding hydrogens is 246 g/mol. The summed E-state index contributed by atoms with van der Waals surface area (Å²) < 4.78 is 0. The Bertz CT molecular complexity index is 517. The Labute approximate surface area is 123 Å². The molecule has 1 aromatic rings. The molecule has 2 bridgehead atoms. The number of aromatic nitrogens is 1. The summed E-state index contributed by atoms with van der Waals surface area (Å²) in [5.74, 6) is 1.02. The molecule has 0 amide bonds. The second-order valence-electron chi connectivity index (χ2n) is 6.66. The van der Waals surface area contributed by atoms with Gasteiger partial charge in [-0.2, -0.15) is 0 Å².